The molecule has 0 spiro atoms. The van der Waals surface area contributed by atoms with E-state index < -0.39 is 17.5 Å². The van der Waals surface area contributed by atoms with Crippen molar-refractivity contribution in [2.24, 2.45) is 0 Å². The molecule has 0 fully saturated rings. The first-order valence-corrected chi connectivity index (χ1v) is 7.28. The molecule has 1 aromatic carbocycles. The van der Waals surface area contributed by atoms with E-state index in [4.69, 9.17) is 11.6 Å². The third-order valence-corrected chi connectivity index (χ3v) is 4.12. The molecule has 7 heteroatoms. The summed E-state index contributed by atoms with van der Waals surface area (Å²) in [5.74, 6) is -2.05. The van der Waals surface area contributed by atoms with E-state index in [0.717, 1.165) is 17.0 Å². The topological polar surface area (TPSA) is 32.3 Å². The summed E-state index contributed by atoms with van der Waals surface area (Å²) in [6, 6.07) is 5.59. The summed E-state index contributed by atoms with van der Waals surface area (Å²) in [6.45, 7) is 0.327. The van der Waals surface area contributed by atoms with Crippen LogP contribution in [0.25, 0.3) is 0 Å². The highest BCUT2D eigenvalue weighted by Gasteiger charge is 2.18. The summed E-state index contributed by atoms with van der Waals surface area (Å²) in [7, 11) is 2.98. The van der Waals surface area contributed by atoms with Gasteiger partial charge in [0, 0.05) is 24.5 Å². The van der Waals surface area contributed by atoms with E-state index in [-0.39, 0.29) is 11.3 Å². The van der Waals surface area contributed by atoms with E-state index in [1.807, 2.05) is 6.07 Å². The van der Waals surface area contributed by atoms with Crippen LogP contribution in [0.4, 0.5) is 14.5 Å². The summed E-state index contributed by atoms with van der Waals surface area (Å²) in [5, 5.41) is 2.41. The van der Waals surface area contributed by atoms with Crippen LogP contribution in [0.3, 0.4) is 0 Å². The molecule has 112 valence electrons. The summed E-state index contributed by atoms with van der Waals surface area (Å²) in [4.78, 5) is 14.5. The highest BCUT2D eigenvalue weighted by Crippen LogP contribution is 2.24. The maximum Gasteiger partial charge on any atom is 0.254 e. The normalized spacial score (nSPS) is 10.5. The molecule has 1 N–H and O–H groups in total. The Kier molecular flexibility index (Phi) is 4.80. The molecule has 1 heterocycles. The minimum Gasteiger partial charge on any atom is -0.383 e. The lowest BCUT2D eigenvalue weighted by Crippen LogP contribution is -2.26. The Morgan fingerprint density at radius 1 is 1.33 bits per heavy atom. The average molecular weight is 331 g/mol. The molecule has 0 unspecified atom stereocenters. The third kappa shape index (κ3) is 3.51. The SMILES string of the molecule is CNc1c(F)cc(C(=O)N(C)Cc2ccc(Cl)s2)cc1F. The second-order valence-electron chi connectivity index (χ2n) is 4.43. The fourth-order valence-corrected chi connectivity index (χ4v) is 3.04. The standard InChI is InChI=1S/C14H13ClF2N2OS/c1-18-13-10(16)5-8(6-11(13)17)14(20)19(2)7-9-3-4-12(15)21-9/h3-6,18H,7H2,1-2H3. The molecule has 3 nitrogen and oxygen atoms in total. The fraction of sp³-hybridized carbons (Fsp3) is 0.214. The van der Waals surface area contributed by atoms with Gasteiger partial charge >= 0.3 is 0 Å². The Hall–Kier alpha value is -1.66. The number of anilines is 1. The molecule has 1 amide bonds. The number of carbonyl (C=O) groups excluding carboxylic acids is 1. The lowest BCUT2D eigenvalue weighted by atomic mass is 10.1. The lowest BCUT2D eigenvalue weighted by molar-refractivity contribution is 0.0785. The summed E-state index contributed by atoms with van der Waals surface area (Å²) >= 11 is 7.18. The predicted molar refractivity (Wildman–Crippen MR) is 81.0 cm³/mol. The van der Waals surface area contributed by atoms with E-state index in [1.54, 1.807) is 13.1 Å². The number of benzene rings is 1. The number of hydrogen-bond acceptors (Lipinski definition) is 3. The van der Waals surface area contributed by atoms with Crippen molar-refractivity contribution in [1.82, 2.24) is 4.90 Å². The second kappa shape index (κ2) is 6.41. The smallest absolute Gasteiger partial charge is 0.254 e. The van der Waals surface area contributed by atoms with Crippen molar-refractivity contribution in [3.05, 3.63) is 50.7 Å². The van der Waals surface area contributed by atoms with E-state index in [9.17, 15) is 13.6 Å². The molecule has 21 heavy (non-hydrogen) atoms. The second-order valence-corrected chi connectivity index (χ2v) is 6.23. The molecule has 0 atom stereocenters. The predicted octanol–water partition coefficient (Wildman–Crippen LogP) is 3.99. The van der Waals surface area contributed by atoms with Gasteiger partial charge in [-0.05, 0) is 24.3 Å². The summed E-state index contributed by atoms with van der Waals surface area (Å²) in [5.41, 5.74) is -0.284. The zero-order valence-electron chi connectivity index (χ0n) is 11.4. The van der Waals surface area contributed by atoms with E-state index >= 15 is 0 Å². The Labute approximate surface area is 130 Å². The number of hydrogen-bond donors (Lipinski definition) is 1. The highest BCUT2D eigenvalue weighted by molar-refractivity contribution is 7.16. The van der Waals surface area contributed by atoms with Gasteiger partial charge in [0.2, 0.25) is 0 Å². The van der Waals surface area contributed by atoms with Gasteiger partial charge in [-0.2, -0.15) is 0 Å². The van der Waals surface area contributed by atoms with Crippen molar-refractivity contribution in [2.75, 3.05) is 19.4 Å². The minimum absolute atomic E-state index is 0.0332. The zero-order chi connectivity index (χ0) is 15.6. The number of thiophene rings is 1. The van der Waals surface area contributed by atoms with E-state index in [2.05, 4.69) is 5.32 Å². The molecule has 2 rings (SSSR count). The first-order chi connectivity index (χ1) is 9.92. The first kappa shape index (κ1) is 15.7. The molecular weight excluding hydrogens is 318 g/mol. The average Bonchev–Trinajstić information content (AvgIpc) is 2.82. The van der Waals surface area contributed by atoms with Gasteiger partial charge in [0.25, 0.3) is 5.91 Å². The zero-order valence-corrected chi connectivity index (χ0v) is 13.0. The van der Waals surface area contributed by atoms with Crippen molar-refractivity contribution < 1.29 is 13.6 Å². The van der Waals surface area contributed by atoms with Gasteiger partial charge < -0.3 is 10.2 Å². The quantitative estimate of drug-likeness (QED) is 0.919. The number of rotatable bonds is 4. The van der Waals surface area contributed by atoms with Gasteiger partial charge in [-0.3, -0.25) is 4.79 Å². The lowest BCUT2D eigenvalue weighted by Gasteiger charge is -2.17. The number of halogens is 3. The molecule has 1 aromatic heterocycles. The van der Waals surface area contributed by atoms with Crippen molar-refractivity contribution >= 4 is 34.5 Å². The maximum absolute atomic E-state index is 13.7. The van der Waals surface area contributed by atoms with Crippen LogP contribution in [0.5, 0.6) is 0 Å². The molecular formula is C14H13ClF2N2OS. The number of amides is 1. The minimum atomic E-state index is -0.798. The van der Waals surface area contributed by atoms with Crippen LogP contribution in [-0.2, 0) is 6.54 Å². The van der Waals surface area contributed by atoms with Crippen LogP contribution in [-0.4, -0.2) is 24.9 Å². The summed E-state index contributed by atoms with van der Waals surface area (Å²) < 4.78 is 28.0. The Morgan fingerprint density at radius 2 is 1.95 bits per heavy atom. The Balaban J connectivity index is 2.19. The fourth-order valence-electron chi connectivity index (χ4n) is 1.90. The molecule has 0 bridgehead atoms. The van der Waals surface area contributed by atoms with Crippen LogP contribution in [0.1, 0.15) is 15.2 Å². The number of carbonyl (C=O) groups is 1. The molecule has 0 aliphatic rings. The Bertz CT molecular complexity index is 652. The van der Waals surface area contributed by atoms with Crippen LogP contribution >= 0.6 is 22.9 Å². The van der Waals surface area contributed by atoms with Gasteiger partial charge in [-0.15, -0.1) is 11.3 Å². The molecule has 0 radical (unpaired) electrons. The first-order valence-electron chi connectivity index (χ1n) is 6.09. The van der Waals surface area contributed by atoms with Gasteiger partial charge in [-0.1, -0.05) is 11.6 Å². The largest absolute Gasteiger partial charge is 0.383 e. The highest BCUT2D eigenvalue weighted by atomic mass is 35.5. The van der Waals surface area contributed by atoms with Crippen LogP contribution in [0.15, 0.2) is 24.3 Å². The van der Waals surface area contributed by atoms with E-state index in [0.29, 0.717) is 10.9 Å². The third-order valence-electron chi connectivity index (χ3n) is 2.91. The van der Waals surface area contributed by atoms with Gasteiger partial charge in [0.05, 0.1) is 10.9 Å². The van der Waals surface area contributed by atoms with Crippen molar-refractivity contribution in [3.63, 3.8) is 0 Å². The van der Waals surface area contributed by atoms with Crippen LogP contribution < -0.4 is 5.32 Å². The monoisotopic (exact) mass is 330 g/mol. The molecule has 0 saturated heterocycles. The van der Waals surface area contributed by atoms with Crippen LogP contribution in [0.2, 0.25) is 4.34 Å². The maximum atomic E-state index is 13.7. The van der Waals surface area contributed by atoms with Crippen LogP contribution in [0, 0.1) is 11.6 Å². The molecule has 0 aliphatic heterocycles. The van der Waals surface area contributed by atoms with Gasteiger partial charge in [0.1, 0.15) is 17.3 Å². The van der Waals surface area contributed by atoms with Crippen molar-refractivity contribution in [2.45, 2.75) is 6.54 Å². The van der Waals surface area contributed by atoms with Gasteiger partial charge in [-0.25, -0.2) is 8.78 Å². The Morgan fingerprint density at radius 3 is 2.43 bits per heavy atom. The van der Waals surface area contributed by atoms with Crippen molar-refractivity contribution in [3.8, 4) is 0 Å². The number of nitrogens with one attached hydrogen (secondary N) is 1. The molecule has 2 aromatic rings. The van der Waals surface area contributed by atoms with E-state index in [1.165, 1.54) is 23.3 Å². The molecule has 0 saturated carbocycles. The molecule has 0 aliphatic carbocycles. The summed E-state index contributed by atoms with van der Waals surface area (Å²) in [6.07, 6.45) is 0. The van der Waals surface area contributed by atoms with Crippen molar-refractivity contribution in [1.29, 1.82) is 0 Å². The number of nitrogens with zero attached hydrogens (tertiary/aromatic N) is 1. The van der Waals surface area contributed by atoms with Gasteiger partial charge in [0.15, 0.2) is 0 Å².